The Balaban J connectivity index is 2.01. The van der Waals surface area contributed by atoms with Crippen molar-refractivity contribution in [2.24, 2.45) is 0 Å². The molecule has 0 spiro atoms. The minimum atomic E-state index is -1.02. The van der Waals surface area contributed by atoms with E-state index in [9.17, 15) is 14.4 Å². The molecule has 1 heterocycles. The first kappa shape index (κ1) is 22.0. The van der Waals surface area contributed by atoms with E-state index < -0.39 is 17.4 Å². The van der Waals surface area contributed by atoms with Crippen molar-refractivity contribution >= 4 is 34.5 Å². The number of hydrogen-bond donors (Lipinski definition) is 1. The summed E-state index contributed by atoms with van der Waals surface area (Å²) < 4.78 is 5.52. The minimum absolute atomic E-state index is 0.0130. The van der Waals surface area contributed by atoms with E-state index >= 15 is 0 Å². The average molecular weight is 419 g/mol. The van der Waals surface area contributed by atoms with Crippen LogP contribution < -0.4 is 10.5 Å². The third-order valence-electron chi connectivity index (χ3n) is 5.41. The third kappa shape index (κ3) is 4.43. The van der Waals surface area contributed by atoms with E-state index in [1.807, 2.05) is 18.2 Å². The number of anilines is 1. The number of aryl methyl sites for hydroxylation is 1. The molecule has 0 aliphatic rings. The highest BCUT2D eigenvalue weighted by Crippen LogP contribution is 2.26. The maximum atomic E-state index is 13.0. The van der Waals surface area contributed by atoms with E-state index in [1.165, 1.54) is 12.1 Å². The summed E-state index contributed by atoms with van der Waals surface area (Å²) >= 11 is 0. The topological polar surface area (TPSA) is 87.8 Å². The van der Waals surface area contributed by atoms with Crippen LogP contribution in [0.5, 0.6) is 0 Å². The molecular formula is C25H25NO5. The van der Waals surface area contributed by atoms with Crippen molar-refractivity contribution in [3.8, 4) is 0 Å². The highest BCUT2D eigenvalue weighted by atomic mass is 16.4. The summed E-state index contributed by atoms with van der Waals surface area (Å²) in [5.74, 6) is -1.43. The highest BCUT2D eigenvalue weighted by molar-refractivity contribution is 6.13. The number of rotatable bonds is 7. The Morgan fingerprint density at radius 1 is 1.06 bits per heavy atom. The lowest BCUT2D eigenvalue weighted by molar-refractivity contribution is 0.0696. The Hall–Kier alpha value is -3.67. The van der Waals surface area contributed by atoms with E-state index in [4.69, 9.17) is 9.52 Å². The van der Waals surface area contributed by atoms with Crippen molar-refractivity contribution in [3.05, 3.63) is 80.7 Å². The molecular weight excluding hydrogens is 394 g/mol. The number of hydrogen-bond acceptors (Lipinski definition) is 5. The van der Waals surface area contributed by atoms with Crippen LogP contribution in [-0.4, -0.2) is 29.9 Å². The van der Waals surface area contributed by atoms with Crippen LogP contribution in [0.15, 0.2) is 57.2 Å². The van der Waals surface area contributed by atoms with Gasteiger partial charge in [-0.15, -0.1) is 0 Å². The fraction of sp³-hybridized carbons (Fsp3) is 0.240. The monoisotopic (exact) mass is 419 g/mol. The first-order valence-electron chi connectivity index (χ1n) is 10.2. The van der Waals surface area contributed by atoms with Gasteiger partial charge in [0.1, 0.15) is 11.1 Å². The molecule has 0 radical (unpaired) electrons. The standard InChI is InChI=1S/C25H25NO5/c1-5-26(6-2)19-11-12-20-16(4)22(25(30)31-21(20)14-19)23(27)15(3)13-17-7-9-18(10-8-17)24(28)29/h7-14H,5-6H2,1-4H3,(H,28,29)/b15-13+. The van der Waals surface area contributed by atoms with Crippen LogP contribution in [0.3, 0.4) is 0 Å². The molecule has 3 aromatic rings. The fourth-order valence-electron chi connectivity index (χ4n) is 3.63. The van der Waals surface area contributed by atoms with E-state index in [2.05, 4.69) is 18.7 Å². The summed E-state index contributed by atoms with van der Waals surface area (Å²) in [6.45, 7) is 9.15. The van der Waals surface area contributed by atoms with Crippen molar-refractivity contribution in [2.75, 3.05) is 18.0 Å². The number of fused-ring (bicyclic) bond motifs is 1. The maximum Gasteiger partial charge on any atom is 0.347 e. The second kappa shape index (κ2) is 9.00. The van der Waals surface area contributed by atoms with Gasteiger partial charge in [0.05, 0.1) is 5.56 Å². The summed E-state index contributed by atoms with van der Waals surface area (Å²) in [4.78, 5) is 38.9. The lowest BCUT2D eigenvalue weighted by atomic mass is 9.97. The number of allylic oxidation sites excluding steroid dienone is 1. The summed E-state index contributed by atoms with van der Waals surface area (Å²) in [6.07, 6.45) is 1.63. The number of aromatic carboxylic acids is 1. The zero-order valence-electron chi connectivity index (χ0n) is 18.1. The molecule has 0 aliphatic carbocycles. The second-order valence-electron chi connectivity index (χ2n) is 7.33. The zero-order chi connectivity index (χ0) is 22.7. The van der Waals surface area contributed by atoms with Crippen LogP contribution in [0.4, 0.5) is 5.69 Å². The Morgan fingerprint density at radius 2 is 1.71 bits per heavy atom. The van der Waals surface area contributed by atoms with Crippen molar-refractivity contribution < 1.29 is 19.1 Å². The van der Waals surface area contributed by atoms with E-state index in [0.717, 1.165) is 24.2 Å². The number of carbonyl (C=O) groups is 2. The fourth-order valence-corrected chi connectivity index (χ4v) is 3.63. The van der Waals surface area contributed by atoms with Crippen LogP contribution in [0.1, 0.15) is 52.6 Å². The molecule has 0 saturated heterocycles. The molecule has 1 aromatic heterocycles. The normalized spacial score (nSPS) is 11.5. The quantitative estimate of drug-likeness (QED) is 0.332. The molecule has 0 fully saturated rings. The lowest BCUT2D eigenvalue weighted by Crippen LogP contribution is -2.22. The van der Waals surface area contributed by atoms with Gasteiger partial charge in [0.2, 0.25) is 0 Å². The summed E-state index contributed by atoms with van der Waals surface area (Å²) in [6, 6.07) is 11.8. The van der Waals surface area contributed by atoms with Gasteiger partial charge in [-0.3, -0.25) is 4.79 Å². The molecule has 0 bridgehead atoms. The highest BCUT2D eigenvalue weighted by Gasteiger charge is 2.20. The summed E-state index contributed by atoms with van der Waals surface area (Å²) in [5.41, 5.74) is 2.53. The molecule has 0 unspecified atom stereocenters. The Kier molecular flexibility index (Phi) is 6.39. The number of carbonyl (C=O) groups excluding carboxylic acids is 1. The van der Waals surface area contributed by atoms with Crippen molar-refractivity contribution in [1.29, 1.82) is 0 Å². The number of nitrogens with zero attached hydrogens (tertiary/aromatic N) is 1. The molecule has 6 nitrogen and oxygen atoms in total. The van der Waals surface area contributed by atoms with Gasteiger partial charge >= 0.3 is 11.6 Å². The Labute approximate surface area is 180 Å². The first-order valence-corrected chi connectivity index (χ1v) is 10.2. The van der Waals surface area contributed by atoms with Crippen LogP contribution in [-0.2, 0) is 0 Å². The van der Waals surface area contributed by atoms with E-state index in [-0.39, 0.29) is 11.1 Å². The number of benzene rings is 2. The smallest absolute Gasteiger partial charge is 0.347 e. The van der Waals surface area contributed by atoms with Crippen molar-refractivity contribution in [2.45, 2.75) is 27.7 Å². The van der Waals surface area contributed by atoms with Crippen LogP contribution in [0.2, 0.25) is 0 Å². The number of carboxylic acid groups (broad SMARTS) is 1. The first-order chi connectivity index (χ1) is 14.8. The Morgan fingerprint density at radius 3 is 2.29 bits per heavy atom. The zero-order valence-corrected chi connectivity index (χ0v) is 18.1. The number of Topliss-reactive ketones (excluding diaryl/α,β-unsaturated/α-hetero) is 1. The number of ketones is 1. The van der Waals surface area contributed by atoms with Gasteiger partial charge in [0.25, 0.3) is 0 Å². The number of carboxylic acids is 1. The minimum Gasteiger partial charge on any atom is -0.478 e. The molecule has 6 heteroatoms. The van der Waals surface area contributed by atoms with Gasteiger partial charge in [0, 0.05) is 30.2 Å². The van der Waals surface area contributed by atoms with Gasteiger partial charge in [-0.05, 0) is 74.7 Å². The van der Waals surface area contributed by atoms with Gasteiger partial charge in [0.15, 0.2) is 5.78 Å². The Bertz CT molecular complexity index is 1230. The average Bonchev–Trinajstić information content (AvgIpc) is 2.74. The van der Waals surface area contributed by atoms with Crippen LogP contribution in [0.25, 0.3) is 17.0 Å². The lowest BCUT2D eigenvalue weighted by Gasteiger charge is -2.21. The van der Waals surface area contributed by atoms with Crippen molar-refractivity contribution in [1.82, 2.24) is 0 Å². The molecule has 2 aromatic carbocycles. The molecule has 31 heavy (non-hydrogen) atoms. The summed E-state index contributed by atoms with van der Waals surface area (Å²) in [5, 5.41) is 9.72. The molecule has 160 valence electrons. The van der Waals surface area contributed by atoms with Gasteiger partial charge in [-0.2, -0.15) is 0 Å². The molecule has 0 atom stereocenters. The molecule has 3 rings (SSSR count). The van der Waals surface area contributed by atoms with Crippen LogP contribution in [0, 0.1) is 6.92 Å². The summed E-state index contributed by atoms with van der Waals surface area (Å²) in [7, 11) is 0. The van der Waals surface area contributed by atoms with E-state index in [1.54, 1.807) is 32.1 Å². The molecule has 0 amide bonds. The van der Waals surface area contributed by atoms with Crippen LogP contribution >= 0.6 is 0 Å². The predicted octanol–water partition coefficient (Wildman–Crippen LogP) is 4.93. The predicted molar refractivity (Wildman–Crippen MR) is 122 cm³/mol. The molecule has 0 saturated carbocycles. The van der Waals surface area contributed by atoms with E-state index in [0.29, 0.717) is 22.3 Å². The molecule has 0 aliphatic heterocycles. The third-order valence-corrected chi connectivity index (χ3v) is 5.41. The molecule has 1 N–H and O–H groups in total. The van der Waals surface area contributed by atoms with Crippen molar-refractivity contribution in [3.63, 3.8) is 0 Å². The van der Waals surface area contributed by atoms with Gasteiger partial charge in [-0.25, -0.2) is 9.59 Å². The largest absolute Gasteiger partial charge is 0.478 e. The van der Waals surface area contributed by atoms with Gasteiger partial charge < -0.3 is 14.4 Å². The maximum absolute atomic E-state index is 13.0. The SMILES string of the molecule is CCN(CC)c1ccc2c(C)c(C(=O)/C(C)=C/c3ccc(C(=O)O)cc3)c(=O)oc2c1. The second-order valence-corrected chi connectivity index (χ2v) is 7.33. The van der Waals surface area contributed by atoms with Gasteiger partial charge in [-0.1, -0.05) is 12.1 Å².